The van der Waals surface area contributed by atoms with Crippen molar-refractivity contribution < 1.29 is 9.18 Å². The fourth-order valence-corrected chi connectivity index (χ4v) is 3.48. The summed E-state index contributed by atoms with van der Waals surface area (Å²) in [6.07, 6.45) is 0. The lowest BCUT2D eigenvalue weighted by molar-refractivity contribution is -0.117. The molecule has 28 heavy (non-hydrogen) atoms. The molecule has 2 aromatic carbocycles. The van der Waals surface area contributed by atoms with Gasteiger partial charge in [0, 0.05) is 17.8 Å². The first-order valence-electron chi connectivity index (χ1n) is 8.79. The normalized spacial score (nSPS) is 14.2. The Labute approximate surface area is 158 Å². The highest BCUT2D eigenvalue weighted by Crippen LogP contribution is 2.29. The molecule has 9 heteroatoms. The highest BCUT2D eigenvalue weighted by atomic mass is 19.1. The van der Waals surface area contributed by atoms with Gasteiger partial charge in [-0.25, -0.2) is 18.4 Å². The monoisotopic (exact) mass is 378 g/mol. The Balaban J connectivity index is 1.49. The smallest absolute Gasteiger partial charge is 0.324 e. The number of benzene rings is 2. The van der Waals surface area contributed by atoms with Gasteiger partial charge in [-0.2, -0.15) is 0 Å². The molecule has 3 heterocycles. The maximum Gasteiger partial charge on any atom is 0.352 e. The highest BCUT2D eigenvalue weighted by Gasteiger charge is 2.34. The second kappa shape index (κ2) is 6.15. The van der Waals surface area contributed by atoms with Gasteiger partial charge in [0.05, 0.1) is 12.2 Å². The third kappa shape index (κ3) is 2.51. The zero-order chi connectivity index (χ0) is 19.3. The van der Waals surface area contributed by atoms with Gasteiger partial charge in [-0.3, -0.25) is 14.7 Å². The van der Waals surface area contributed by atoms with Crippen LogP contribution in [-0.2, 0) is 11.3 Å². The number of halogens is 1. The molecule has 0 atom stereocenters. The second-order valence-electron chi connectivity index (χ2n) is 6.50. The summed E-state index contributed by atoms with van der Waals surface area (Å²) in [5.74, 6) is 0.427. The van der Waals surface area contributed by atoms with Crippen molar-refractivity contribution in [2.45, 2.75) is 6.54 Å². The lowest BCUT2D eigenvalue weighted by atomic mass is 10.1. The van der Waals surface area contributed by atoms with E-state index >= 15 is 0 Å². The number of hydrogen-bond acceptors (Lipinski definition) is 5. The van der Waals surface area contributed by atoms with Gasteiger partial charge in [-0.05, 0) is 36.4 Å². The first kappa shape index (κ1) is 16.4. The van der Waals surface area contributed by atoms with Crippen molar-refractivity contribution in [3.05, 3.63) is 70.4 Å². The molecule has 0 fully saturated rings. The molecule has 8 nitrogen and oxygen atoms in total. The molecule has 0 saturated heterocycles. The summed E-state index contributed by atoms with van der Waals surface area (Å²) in [7, 11) is 0. The Morgan fingerprint density at radius 1 is 1.14 bits per heavy atom. The average molecular weight is 378 g/mol. The SMILES string of the molecule is O=C(Cn1nc2n(c1=O)-c1ccccc1C1=NCCN12)Nc1ccc(F)cc1. The zero-order valence-electron chi connectivity index (χ0n) is 14.7. The maximum atomic E-state index is 13.0. The van der Waals surface area contributed by atoms with Gasteiger partial charge in [-0.1, -0.05) is 12.1 Å². The summed E-state index contributed by atoms with van der Waals surface area (Å²) < 4.78 is 15.6. The van der Waals surface area contributed by atoms with E-state index in [0.29, 0.717) is 30.4 Å². The number of nitrogens with one attached hydrogen (secondary N) is 1. The number of para-hydroxylation sites is 1. The van der Waals surface area contributed by atoms with Crippen molar-refractivity contribution in [3.8, 4) is 5.69 Å². The fourth-order valence-electron chi connectivity index (χ4n) is 3.48. The van der Waals surface area contributed by atoms with Crippen LogP contribution in [-0.4, -0.2) is 39.2 Å². The minimum absolute atomic E-state index is 0.251. The largest absolute Gasteiger partial charge is 0.352 e. The molecule has 1 amide bonds. The Morgan fingerprint density at radius 3 is 2.75 bits per heavy atom. The molecule has 3 aromatic rings. The van der Waals surface area contributed by atoms with E-state index in [2.05, 4.69) is 15.4 Å². The zero-order valence-corrected chi connectivity index (χ0v) is 14.7. The Kier molecular flexibility index (Phi) is 3.61. The van der Waals surface area contributed by atoms with E-state index in [4.69, 9.17) is 0 Å². The highest BCUT2D eigenvalue weighted by molar-refractivity contribution is 6.14. The molecule has 5 rings (SSSR count). The predicted octanol–water partition coefficient (Wildman–Crippen LogP) is 1.39. The number of hydrogen-bond donors (Lipinski definition) is 1. The Morgan fingerprint density at radius 2 is 1.93 bits per heavy atom. The molecule has 0 unspecified atom stereocenters. The number of amides is 1. The lowest BCUT2D eigenvalue weighted by Gasteiger charge is -2.26. The number of anilines is 2. The summed E-state index contributed by atoms with van der Waals surface area (Å²) >= 11 is 0. The van der Waals surface area contributed by atoms with E-state index in [1.165, 1.54) is 28.8 Å². The Bertz CT molecular complexity index is 1180. The maximum absolute atomic E-state index is 13.0. The number of aliphatic imine (C=N–C) groups is 1. The summed E-state index contributed by atoms with van der Waals surface area (Å²) in [5, 5.41) is 7.02. The van der Waals surface area contributed by atoms with E-state index in [9.17, 15) is 14.0 Å². The van der Waals surface area contributed by atoms with Crippen molar-refractivity contribution in [3.63, 3.8) is 0 Å². The van der Waals surface area contributed by atoms with Gasteiger partial charge in [0.15, 0.2) is 0 Å². The summed E-state index contributed by atoms with van der Waals surface area (Å²) in [6.45, 7) is 0.996. The van der Waals surface area contributed by atoms with Crippen LogP contribution in [0.5, 0.6) is 0 Å². The van der Waals surface area contributed by atoms with Gasteiger partial charge < -0.3 is 5.32 Å². The van der Waals surface area contributed by atoms with Crippen molar-refractivity contribution in [1.82, 2.24) is 14.3 Å². The first-order chi connectivity index (χ1) is 13.6. The van der Waals surface area contributed by atoms with Crippen LogP contribution in [0.2, 0.25) is 0 Å². The molecule has 0 bridgehead atoms. The molecule has 140 valence electrons. The second-order valence-corrected chi connectivity index (χ2v) is 6.50. The van der Waals surface area contributed by atoms with Crippen molar-refractivity contribution in [1.29, 1.82) is 0 Å². The number of nitrogens with zero attached hydrogens (tertiary/aromatic N) is 5. The van der Waals surface area contributed by atoms with Crippen LogP contribution in [0.25, 0.3) is 5.69 Å². The van der Waals surface area contributed by atoms with Crippen molar-refractivity contribution in [2.24, 2.45) is 4.99 Å². The van der Waals surface area contributed by atoms with Gasteiger partial charge in [0.25, 0.3) is 0 Å². The Hall–Kier alpha value is -3.75. The van der Waals surface area contributed by atoms with Crippen LogP contribution in [0.3, 0.4) is 0 Å². The van der Waals surface area contributed by atoms with Crippen LogP contribution < -0.4 is 15.9 Å². The van der Waals surface area contributed by atoms with Gasteiger partial charge in [0.2, 0.25) is 11.9 Å². The number of fused-ring (bicyclic) bond motifs is 6. The fraction of sp³-hybridized carbons (Fsp3) is 0.158. The molecule has 2 aliphatic rings. The van der Waals surface area contributed by atoms with Crippen molar-refractivity contribution in [2.75, 3.05) is 23.3 Å². The minimum atomic E-state index is -0.423. The average Bonchev–Trinajstić information content (AvgIpc) is 3.30. The molecule has 0 saturated carbocycles. The van der Waals surface area contributed by atoms with E-state index < -0.39 is 17.4 Å². The molecular weight excluding hydrogens is 363 g/mol. The van der Waals surface area contributed by atoms with Crippen LogP contribution in [0.15, 0.2) is 58.3 Å². The van der Waals surface area contributed by atoms with E-state index in [1.54, 1.807) is 0 Å². The predicted molar refractivity (Wildman–Crippen MR) is 102 cm³/mol. The van der Waals surface area contributed by atoms with Gasteiger partial charge in [0.1, 0.15) is 18.2 Å². The van der Waals surface area contributed by atoms with Gasteiger partial charge >= 0.3 is 5.69 Å². The molecule has 1 aromatic heterocycles. The number of carbonyl (C=O) groups is 1. The van der Waals surface area contributed by atoms with Crippen LogP contribution in [0, 0.1) is 5.82 Å². The topological polar surface area (TPSA) is 84.5 Å². The quantitative estimate of drug-likeness (QED) is 0.747. The third-order valence-electron chi connectivity index (χ3n) is 4.71. The van der Waals surface area contributed by atoms with Gasteiger partial charge in [-0.15, -0.1) is 5.10 Å². The summed E-state index contributed by atoms with van der Waals surface area (Å²) in [4.78, 5) is 31.7. The molecule has 0 aliphatic carbocycles. The van der Waals surface area contributed by atoms with E-state index in [-0.39, 0.29) is 6.54 Å². The molecule has 2 aliphatic heterocycles. The first-order valence-corrected chi connectivity index (χ1v) is 8.79. The van der Waals surface area contributed by atoms with E-state index in [0.717, 1.165) is 16.1 Å². The minimum Gasteiger partial charge on any atom is -0.324 e. The van der Waals surface area contributed by atoms with Crippen molar-refractivity contribution >= 4 is 23.4 Å². The number of rotatable bonds is 3. The summed E-state index contributed by atoms with van der Waals surface area (Å²) in [5.41, 5.74) is 1.61. The van der Waals surface area contributed by atoms with Crippen LogP contribution in [0.4, 0.5) is 16.0 Å². The molecular formula is C19H15FN6O2. The standard InChI is InChI=1S/C19H15FN6O2/c20-12-5-7-13(8-6-12)22-16(27)11-25-19(28)26-15-4-2-1-3-14(15)17-21-9-10-24(17)18(26)23-25/h1-8H,9-11H2,(H,22,27). The summed E-state index contributed by atoms with van der Waals surface area (Å²) in [6, 6.07) is 12.9. The number of aromatic nitrogens is 3. The molecule has 1 N–H and O–H groups in total. The van der Waals surface area contributed by atoms with Crippen LogP contribution >= 0.6 is 0 Å². The number of carbonyl (C=O) groups excluding carboxylic acids is 1. The lowest BCUT2D eigenvalue weighted by Crippen LogP contribution is -2.37. The third-order valence-corrected chi connectivity index (χ3v) is 4.71. The molecule has 0 spiro atoms. The van der Waals surface area contributed by atoms with E-state index in [1.807, 2.05) is 29.2 Å². The van der Waals surface area contributed by atoms with Crippen LogP contribution in [0.1, 0.15) is 5.56 Å². The number of amidine groups is 1. The molecule has 0 radical (unpaired) electrons.